The molecule has 0 radical (unpaired) electrons. The second-order valence-corrected chi connectivity index (χ2v) is 6.90. The second-order valence-electron chi connectivity index (χ2n) is 5.77. The fourth-order valence-electron chi connectivity index (χ4n) is 2.25. The lowest BCUT2D eigenvalue weighted by molar-refractivity contribution is -0.116. The van der Waals surface area contributed by atoms with E-state index in [2.05, 4.69) is 31.3 Å². The number of carbonyl (C=O) groups excluding carboxylic acids is 1. The molecule has 0 fully saturated rings. The summed E-state index contributed by atoms with van der Waals surface area (Å²) < 4.78 is 0. The topological polar surface area (TPSA) is 29.1 Å². The summed E-state index contributed by atoms with van der Waals surface area (Å²) in [6.45, 7) is 6.21. The van der Waals surface area contributed by atoms with E-state index in [1.54, 1.807) is 11.8 Å². The highest BCUT2D eigenvalue weighted by molar-refractivity contribution is 7.99. The van der Waals surface area contributed by atoms with Gasteiger partial charge in [-0.25, -0.2) is 0 Å². The number of rotatable bonds is 6. The molecule has 1 unspecified atom stereocenters. The number of amides is 1. The highest BCUT2D eigenvalue weighted by atomic mass is 32.2. The average molecular weight is 313 g/mol. The Morgan fingerprint density at radius 3 is 2.32 bits per heavy atom. The van der Waals surface area contributed by atoms with Crippen LogP contribution >= 0.6 is 11.8 Å². The molecule has 0 aliphatic carbocycles. The number of carbonyl (C=O) groups is 1. The Balaban J connectivity index is 2.01. The molecule has 2 nitrogen and oxygen atoms in total. The molecular weight excluding hydrogens is 290 g/mol. The summed E-state index contributed by atoms with van der Waals surface area (Å²) in [6, 6.07) is 18.2. The first-order valence-electron chi connectivity index (χ1n) is 7.60. The van der Waals surface area contributed by atoms with Gasteiger partial charge in [0.2, 0.25) is 5.91 Å². The molecule has 0 heterocycles. The largest absolute Gasteiger partial charge is 0.325 e. The number of para-hydroxylation sites is 1. The van der Waals surface area contributed by atoms with Crippen LogP contribution in [0, 0.1) is 12.8 Å². The third-order valence-corrected chi connectivity index (χ3v) is 5.16. The van der Waals surface area contributed by atoms with Gasteiger partial charge in [-0.3, -0.25) is 4.79 Å². The fraction of sp³-hybridized carbons (Fsp3) is 0.316. The van der Waals surface area contributed by atoms with E-state index in [4.69, 9.17) is 0 Å². The van der Waals surface area contributed by atoms with Gasteiger partial charge in [0, 0.05) is 11.4 Å². The molecule has 2 rings (SSSR count). The molecule has 1 N–H and O–H groups in total. The first kappa shape index (κ1) is 16.6. The van der Waals surface area contributed by atoms with Crippen molar-refractivity contribution < 1.29 is 4.79 Å². The van der Waals surface area contributed by atoms with Gasteiger partial charge in [-0.2, -0.15) is 0 Å². The predicted octanol–water partition coefficient (Wildman–Crippen LogP) is 4.89. The van der Waals surface area contributed by atoms with Crippen LogP contribution in [0.1, 0.15) is 25.0 Å². The van der Waals surface area contributed by atoms with Gasteiger partial charge < -0.3 is 5.32 Å². The standard InChI is InChI=1S/C19H23NOS/c1-14(2)18(22-13-16-10-5-4-6-11-16)19(21)20-17-12-8-7-9-15(17)3/h4-12,14,18H,13H2,1-3H3,(H,20,21). The molecule has 0 aromatic heterocycles. The SMILES string of the molecule is Cc1ccccc1NC(=O)C(SCc1ccccc1)C(C)C. The molecule has 2 aromatic carbocycles. The summed E-state index contributed by atoms with van der Waals surface area (Å²) in [7, 11) is 0. The van der Waals surface area contributed by atoms with Crippen molar-refractivity contribution in [2.45, 2.75) is 31.8 Å². The Hall–Kier alpha value is -1.74. The lowest BCUT2D eigenvalue weighted by Gasteiger charge is -2.20. The van der Waals surface area contributed by atoms with Gasteiger partial charge in [-0.1, -0.05) is 62.4 Å². The van der Waals surface area contributed by atoms with E-state index in [9.17, 15) is 4.79 Å². The summed E-state index contributed by atoms with van der Waals surface area (Å²) >= 11 is 1.70. The van der Waals surface area contributed by atoms with E-state index in [1.807, 2.05) is 49.4 Å². The van der Waals surface area contributed by atoms with E-state index in [1.165, 1.54) is 5.56 Å². The number of thioether (sulfide) groups is 1. The quantitative estimate of drug-likeness (QED) is 0.822. The maximum atomic E-state index is 12.6. The third kappa shape index (κ3) is 4.63. The van der Waals surface area contributed by atoms with E-state index >= 15 is 0 Å². The number of hydrogen-bond acceptors (Lipinski definition) is 2. The highest BCUT2D eigenvalue weighted by Gasteiger charge is 2.23. The molecule has 1 amide bonds. The normalized spacial score (nSPS) is 12.2. The van der Waals surface area contributed by atoms with Crippen LogP contribution in [0.25, 0.3) is 0 Å². The lowest BCUT2D eigenvalue weighted by atomic mass is 10.1. The molecule has 2 aromatic rings. The van der Waals surface area contributed by atoms with Crippen LogP contribution in [0.3, 0.4) is 0 Å². The number of benzene rings is 2. The van der Waals surface area contributed by atoms with Gasteiger partial charge in [0.05, 0.1) is 5.25 Å². The van der Waals surface area contributed by atoms with Gasteiger partial charge in [-0.15, -0.1) is 11.8 Å². The molecule has 0 aliphatic rings. The summed E-state index contributed by atoms with van der Waals surface area (Å²) in [4.78, 5) is 12.6. The van der Waals surface area contributed by atoms with Crippen molar-refractivity contribution in [2.75, 3.05) is 5.32 Å². The Morgan fingerprint density at radius 1 is 1.05 bits per heavy atom. The number of anilines is 1. The van der Waals surface area contributed by atoms with Crippen molar-refractivity contribution in [3.05, 3.63) is 65.7 Å². The van der Waals surface area contributed by atoms with Crippen LogP contribution < -0.4 is 5.32 Å². The van der Waals surface area contributed by atoms with Crippen molar-refractivity contribution in [3.8, 4) is 0 Å². The molecule has 116 valence electrons. The second kappa shape index (κ2) is 8.04. The van der Waals surface area contributed by atoms with E-state index in [-0.39, 0.29) is 17.1 Å². The van der Waals surface area contributed by atoms with Crippen molar-refractivity contribution in [1.29, 1.82) is 0 Å². The van der Waals surface area contributed by atoms with Crippen molar-refractivity contribution in [1.82, 2.24) is 0 Å². The zero-order valence-corrected chi connectivity index (χ0v) is 14.2. The van der Waals surface area contributed by atoms with Crippen LogP contribution in [-0.4, -0.2) is 11.2 Å². The molecule has 22 heavy (non-hydrogen) atoms. The number of nitrogens with one attached hydrogen (secondary N) is 1. The Labute approximate surface area is 137 Å². The molecule has 1 atom stereocenters. The number of hydrogen-bond donors (Lipinski definition) is 1. The molecule has 3 heteroatoms. The van der Waals surface area contributed by atoms with Crippen LogP contribution in [0.2, 0.25) is 0 Å². The summed E-state index contributed by atoms with van der Waals surface area (Å²) in [5.41, 5.74) is 3.24. The van der Waals surface area contributed by atoms with Crippen LogP contribution in [0.15, 0.2) is 54.6 Å². The predicted molar refractivity (Wildman–Crippen MR) is 96.2 cm³/mol. The number of aryl methyl sites for hydroxylation is 1. The van der Waals surface area contributed by atoms with Crippen LogP contribution in [0.5, 0.6) is 0 Å². The fourth-order valence-corrected chi connectivity index (χ4v) is 3.41. The highest BCUT2D eigenvalue weighted by Crippen LogP contribution is 2.25. The third-order valence-electron chi connectivity index (χ3n) is 3.54. The summed E-state index contributed by atoms with van der Waals surface area (Å²) in [6.07, 6.45) is 0. The zero-order valence-electron chi connectivity index (χ0n) is 13.4. The minimum atomic E-state index is -0.0557. The smallest absolute Gasteiger partial charge is 0.237 e. The van der Waals surface area contributed by atoms with E-state index in [0.717, 1.165) is 17.0 Å². The Kier molecular flexibility index (Phi) is 6.08. The van der Waals surface area contributed by atoms with Gasteiger partial charge in [0.25, 0.3) is 0 Å². The Morgan fingerprint density at radius 2 is 1.68 bits per heavy atom. The average Bonchev–Trinajstić information content (AvgIpc) is 2.50. The van der Waals surface area contributed by atoms with Crippen LogP contribution in [-0.2, 0) is 10.5 Å². The minimum Gasteiger partial charge on any atom is -0.325 e. The van der Waals surface area contributed by atoms with Crippen LogP contribution in [0.4, 0.5) is 5.69 Å². The van der Waals surface area contributed by atoms with Gasteiger partial charge >= 0.3 is 0 Å². The molecule has 0 saturated carbocycles. The zero-order chi connectivity index (χ0) is 15.9. The summed E-state index contributed by atoms with van der Waals surface area (Å²) in [5.74, 6) is 1.23. The van der Waals surface area contributed by atoms with E-state index in [0.29, 0.717) is 0 Å². The monoisotopic (exact) mass is 313 g/mol. The maximum Gasteiger partial charge on any atom is 0.237 e. The minimum absolute atomic E-state index is 0.0557. The summed E-state index contributed by atoms with van der Waals surface area (Å²) in [5, 5.41) is 3.01. The van der Waals surface area contributed by atoms with Crippen molar-refractivity contribution >= 4 is 23.4 Å². The van der Waals surface area contributed by atoms with Gasteiger partial charge in [0.1, 0.15) is 0 Å². The van der Waals surface area contributed by atoms with Gasteiger partial charge in [0.15, 0.2) is 0 Å². The molecule has 0 spiro atoms. The molecule has 0 aliphatic heterocycles. The van der Waals surface area contributed by atoms with Gasteiger partial charge in [-0.05, 0) is 30.0 Å². The first-order chi connectivity index (χ1) is 10.6. The molecular formula is C19H23NOS. The first-order valence-corrected chi connectivity index (χ1v) is 8.65. The van der Waals surface area contributed by atoms with Crippen molar-refractivity contribution in [2.24, 2.45) is 5.92 Å². The lowest BCUT2D eigenvalue weighted by Crippen LogP contribution is -2.30. The maximum absolute atomic E-state index is 12.6. The van der Waals surface area contributed by atoms with E-state index < -0.39 is 0 Å². The Bertz CT molecular complexity index is 610. The molecule has 0 saturated heterocycles. The van der Waals surface area contributed by atoms with Crippen molar-refractivity contribution in [3.63, 3.8) is 0 Å². The molecule has 0 bridgehead atoms.